The topological polar surface area (TPSA) is 67.4 Å². The Morgan fingerprint density at radius 2 is 1.91 bits per heavy atom. The largest absolute Gasteiger partial charge is 0.469 e. The SMILES string of the molecule is COC(=O)CC(NC(=O)Nc1cccc2ccccc12)C1CC1. The van der Waals surface area contributed by atoms with E-state index >= 15 is 0 Å². The first-order valence-corrected chi connectivity index (χ1v) is 7.79. The summed E-state index contributed by atoms with van der Waals surface area (Å²) >= 11 is 0. The zero-order valence-corrected chi connectivity index (χ0v) is 13.0. The van der Waals surface area contributed by atoms with Crippen LogP contribution in [0.3, 0.4) is 0 Å². The number of rotatable bonds is 5. The number of hydrogen-bond donors (Lipinski definition) is 2. The van der Waals surface area contributed by atoms with Crippen LogP contribution in [0.5, 0.6) is 0 Å². The zero-order chi connectivity index (χ0) is 16.2. The fourth-order valence-corrected chi connectivity index (χ4v) is 2.76. The van der Waals surface area contributed by atoms with Gasteiger partial charge in [0.25, 0.3) is 0 Å². The van der Waals surface area contributed by atoms with Gasteiger partial charge in [0.2, 0.25) is 0 Å². The van der Waals surface area contributed by atoms with Gasteiger partial charge in [-0.1, -0.05) is 36.4 Å². The summed E-state index contributed by atoms with van der Waals surface area (Å²) in [7, 11) is 1.36. The van der Waals surface area contributed by atoms with Crippen molar-refractivity contribution in [1.82, 2.24) is 5.32 Å². The summed E-state index contributed by atoms with van der Waals surface area (Å²) < 4.78 is 4.71. The van der Waals surface area contributed by atoms with Crippen LogP contribution in [0.15, 0.2) is 42.5 Å². The van der Waals surface area contributed by atoms with Crippen LogP contribution in [-0.4, -0.2) is 25.2 Å². The standard InChI is InChI=1S/C18H20N2O3/c1-23-17(21)11-16(13-9-10-13)20-18(22)19-15-8-4-6-12-5-2-3-7-14(12)15/h2-8,13,16H,9-11H2,1H3,(H2,19,20,22). The molecule has 1 fully saturated rings. The van der Waals surface area contributed by atoms with Gasteiger partial charge in [-0.25, -0.2) is 4.79 Å². The van der Waals surface area contributed by atoms with E-state index in [0.29, 0.717) is 5.92 Å². The van der Waals surface area contributed by atoms with Crippen LogP contribution >= 0.6 is 0 Å². The first-order valence-electron chi connectivity index (χ1n) is 7.79. The highest BCUT2D eigenvalue weighted by molar-refractivity contribution is 6.01. The fourth-order valence-electron chi connectivity index (χ4n) is 2.76. The third-order valence-electron chi connectivity index (χ3n) is 4.16. The van der Waals surface area contributed by atoms with E-state index in [2.05, 4.69) is 10.6 Å². The third kappa shape index (κ3) is 3.80. The fraction of sp³-hybridized carbons (Fsp3) is 0.333. The predicted octanol–water partition coefficient (Wildman–Crippen LogP) is 3.30. The molecule has 2 aromatic carbocycles. The number of fused-ring (bicyclic) bond motifs is 1. The van der Waals surface area contributed by atoms with Crippen molar-refractivity contribution in [3.63, 3.8) is 0 Å². The molecule has 3 rings (SSSR count). The summed E-state index contributed by atoms with van der Waals surface area (Å²) in [6, 6.07) is 13.2. The van der Waals surface area contributed by atoms with Crippen molar-refractivity contribution >= 4 is 28.5 Å². The molecular formula is C18H20N2O3. The van der Waals surface area contributed by atoms with E-state index in [1.54, 1.807) is 0 Å². The molecule has 0 aromatic heterocycles. The summed E-state index contributed by atoms with van der Waals surface area (Å²) in [5, 5.41) is 7.85. The van der Waals surface area contributed by atoms with Crippen molar-refractivity contribution in [2.45, 2.75) is 25.3 Å². The van der Waals surface area contributed by atoms with Gasteiger partial charge in [-0.05, 0) is 30.2 Å². The lowest BCUT2D eigenvalue weighted by Gasteiger charge is -2.18. The second-order valence-corrected chi connectivity index (χ2v) is 5.85. The summed E-state index contributed by atoms with van der Waals surface area (Å²) in [5.74, 6) is 0.0692. The van der Waals surface area contributed by atoms with Crippen molar-refractivity contribution in [2.24, 2.45) is 5.92 Å². The predicted molar refractivity (Wildman–Crippen MR) is 89.2 cm³/mol. The average Bonchev–Trinajstić information content (AvgIpc) is 3.39. The molecule has 23 heavy (non-hydrogen) atoms. The molecule has 0 saturated heterocycles. The van der Waals surface area contributed by atoms with Crippen LogP contribution in [0.25, 0.3) is 10.8 Å². The Balaban J connectivity index is 1.69. The molecule has 1 aliphatic carbocycles. The van der Waals surface area contributed by atoms with Gasteiger partial charge < -0.3 is 15.4 Å². The number of anilines is 1. The highest BCUT2D eigenvalue weighted by atomic mass is 16.5. The number of carbonyl (C=O) groups excluding carboxylic acids is 2. The molecular weight excluding hydrogens is 292 g/mol. The second kappa shape index (κ2) is 6.69. The smallest absolute Gasteiger partial charge is 0.319 e. The first kappa shape index (κ1) is 15.3. The molecule has 1 atom stereocenters. The molecule has 5 heteroatoms. The van der Waals surface area contributed by atoms with Gasteiger partial charge in [0.15, 0.2) is 0 Å². The van der Waals surface area contributed by atoms with Crippen molar-refractivity contribution in [3.05, 3.63) is 42.5 Å². The molecule has 2 aromatic rings. The quantitative estimate of drug-likeness (QED) is 0.832. The van der Waals surface area contributed by atoms with E-state index in [9.17, 15) is 9.59 Å². The lowest BCUT2D eigenvalue weighted by Crippen LogP contribution is -2.40. The van der Waals surface area contributed by atoms with E-state index in [1.165, 1.54) is 7.11 Å². The number of urea groups is 1. The molecule has 5 nitrogen and oxygen atoms in total. The van der Waals surface area contributed by atoms with Crippen LogP contribution in [0.4, 0.5) is 10.5 Å². The monoisotopic (exact) mass is 312 g/mol. The molecule has 1 aliphatic rings. The van der Waals surface area contributed by atoms with Crippen LogP contribution in [0.1, 0.15) is 19.3 Å². The summed E-state index contributed by atoms with van der Waals surface area (Å²) in [5.41, 5.74) is 0.758. The van der Waals surface area contributed by atoms with Gasteiger partial charge in [0, 0.05) is 11.4 Å². The van der Waals surface area contributed by atoms with Crippen LogP contribution in [-0.2, 0) is 9.53 Å². The minimum Gasteiger partial charge on any atom is -0.469 e. The Morgan fingerprint density at radius 3 is 2.65 bits per heavy atom. The number of methoxy groups -OCH3 is 1. The Bertz CT molecular complexity index is 720. The van der Waals surface area contributed by atoms with Crippen molar-refractivity contribution in [2.75, 3.05) is 12.4 Å². The maximum absolute atomic E-state index is 12.3. The molecule has 0 bridgehead atoms. The van der Waals surface area contributed by atoms with E-state index in [1.807, 2.05) is 42.5 Å². The summed E-state index contributed by atoms with van der Waals surface area (Å²) in [6.45, 7) is 0. The Kier molecular flexibility index (Phi) is 4.46. The van der Waals surface area contributed by atoms with Crippen LogP contribution in [0, 0.1) is 5.92 Å². The molecule has 1 saturated carbocycles. The lowest BCUT2D eigenvalue weighted by atomic mass is 10.1. The molecule has 0 radical (unpaired) electrons. The Labute approximate surface area is 135 Å². The van der Waals surface area contributed by atoms with Crippen molar-refractivity contribution < 1.29 is 14.3 Å². The van der Waals surface area contributed by atoms with Gasteiger partial charge in [-0.3, -0.25) is 4.79 Å². The van der Waals surface area contributed by atoms with E-state index < -0.39 is 0 Å². The van der Waals surface area contributed by atoms with E-state index in [4.69, 9.17) is 4.74 Å². The number of esters is 1. The first-order chi connectivity index (χ1) is 11.2. The van der Waals surface area contributed by atoms with E-state index in [-0.39, 0.29) is 24.5 Å². The molecule has 1 unspecified atom stereocenters. The van der Waals surface area contributed by atoms with Gasteiger partial charge in [0.1, 0.15) is 0 Å². The zero-order valence-electron chi connectivity index (χ0n) is 13.0. The molecule has 2 amide bonds. The van der Waals surface area contributed by atoms with E-state index in [0.717, 1.165) is 29.3 Å². The molecule has 0 spiro atoms. The molecule has 0 heterocycles. The van der Waals surface area contributed by atoms with Gasteiger partial charge in [-0.15, -0.1) is 0 Å². The van der Waals surface area contributed by atoms with Crippen LogP contribution < -0.4 is 10.6 Å². The minimum absolute atomic E-state index is 0.169. The van der Waals surface area contributed by atoms with Gasteiger partial charge in [-0.2, -0.15) is 0 Å². The number of ether oxygens (including phenoxy) is 1. The average molecular weight is 312 g/mol. The van der Waals surface area contributed by atoms with Gasteiger partial charge >= 0.3 is 12.0 Å². The maximum Gasteiger partial charge on any atom is 0.319 e. The Hall–Kier alpha value is -2.56. The van der Waals surface area contributed by atoms with Crippen molar-refractivity contribution in [3.8, 4) is 0 Å². The number of carbonyl (C=O) groups is 2. The minimum atomic E-state index is -0.299. The normalized spacial score (nSPS) is 15.0. The third-order valence-corrected chi connectivity index (χ3v) is 4.16. The molecule has 120 valence electrons. The number of amides is 2. The molecule has 2 N–H and O–H groups in total. The second-order valence-electron chi connectivity index (χ2n) is 5.85. The number of nitrogens with one attached hydrogen (secondary N) is 2. The van der Waals surface area contributed by atoms with Crippen LogP contribution in [0.2, 0.25) is 0 Å². The maximum atomic E-state index is 12.3. The van der Waals surface area contributed by atoms with Crippen molar-refractivity contribution in [1.29, 1.82) is 0 Å². The summed E-state index contributed by atoms with van der Waals surface area (Å²) in [4.78, 5) is 23.8. The number of benzene rings is 2. The summed E-state index contributed by atoms with van der Waals surface area (Å²) in [6.07, 6.45) is 2.29. The highest BCUT2D eigenvalue weighted by Crippen LogP contribution is 2.34. The number of hydrogen-bond acceptors (Lipinski definition) is 3. The lowest BCUT2D eigenvalue weighted by molar-refractivity contribution is -0.141. The Morgan fingerprint density at radius 1 is 1.17 bits per heavy atom. The molecule has 0 aliphatic heterocycles. The van der Waals surface area contributed by atoms with Gasteiger partial charge in [0.05, 0.1) is 19.2 Å². The highest BCUT2D eigenvalue weighted by Gasteiger charge is 2.34.